The number of aliphatic hydroxyl groups excluding tert-OH is 1. The number of hydrogen-bond donors (Lipinski definition) is 1. The fourth-order valence-corrected chi connectivity index (χ4v) is 1.09. The van der Waals surface area contributed by atoms with Gasteiger partial charge in [0.25, 0.3) is 0 Å². The molecule has 1 rings (SSSR count). The van der Waals surface area contributed by atoms with Gasteiger partial charge in [0.1, 0.15) is 6.33 Å². The van der Waals surface area contributed by atoms with Crippen LogP contribution >= 0.6 is 0 Å². The summed E-state index contributed by atoms with van der Waals surface area (Å²) >= 11 is 0. The van der Waals surface area contributed by atoms with Crippen molar-refractivity contribution < 1.29 is 14.6 Å². The summed E-state index contributed by atoms with van der Waals surface area (Å²) in [5.74, 6) is 0.500. The van der Waals surface area contributed by atoms with Crippen LogP contribution in [0.25, 0.3) is 0 Å². The van der Waals surface area contributed by atoms with Crippen LogP contribution in [0.4, 0.5) is 0 Å². The predicted molar refractivity (Wildman–Crippen MR) is 50.2 cm³/mol. The van der Waals surface area contributed by atoms with Gasteiger partial charge in [-0.25, -0.2) is 9.97 Å². The molecule has 1 aromatic rings. The highest BCUT2D eigenvalue weighted by atomic mass is 16.5. The summed E-state index contributed by atoms with van der Waals surface area (Å²) in [5.41, 5.74) is 0.737. The Kier molecular flexibility index (Phi) is 4.28. The van der Waals surface area contributed by atoms with Crippen molar-refractivity contribution in [3.63, 3.8) is 0 Å². The molecule has 1 atom stereocenters. The van der Waals surface area contributed by atoms with Crippen LogP contribution in [0.3, 0.4) is 0 Å². The van der Waals surface area contributed by atoms with E-state index in [2.05, 4.69) is 9.97 Å². The first-order chi connectivity index (χ1) is 6.76. The minimum Gasteiger partial charge on any atom is -0.481 e. The van der Waals surface area contributed by atoms with Crippen LogP contribution in [0, 0.1) is 0 Å². The van der Waals surface area contributed by atoms with Crippen LogP contribution < -0.4 is 4.74 Å². The van der Waals surface area contributed by atoms with Gasteiger partial charge in [-0.05, 0) is 0 Å². The van der Waals surface area contributed by atoms with Crippen molar-refractivity contribution in [3.05, 3.63) is 18.1 Å². The molecule has 0 aliphatic carbocycles. The van der Waals surface area contributed by atoms with Gasteiger partial charge in [0.15, 0.2) is 0 Å². The third-order valence-electron chi connectivity index (χ3n) is 1.71. The molecule has 0 spiro atoms. The Balaban J connectivity index is 2.57. The number of ether oxygens (including phenoxy) is 2. The van der Waals surface area contributed by atoms with Crippen molar-refractivity contribution in [2.75, 3.05) is 20.8 Å². The Morgan fingerprint density at radius 3 is 2.86 bits per heavy atom. The maximum Gasteiger partial charge on any atom is 0.216 e. The Bertz CT molecular complexity index is 281. The van der Waals surface area contributed by atoms with Gasteiger partial charge in [0, 0.05) is 19.6 Å². The van der Waals surface area contributed by atoms with E-state index in [1.807, 2.05) is 0 Å². The Morgan fingerprint density at radius 2 is 2.21 bits per heavy atom. The molecule has 0 amide bonds. The minimum atomic E-state index is -0.542. The molecular formula is C9H14N2O3. The molecule has 1 heterocycles. The van der Waals surface area contributed by atoms with Gasteiger partial charge < -0.3 is 14.6 Å². The van der Waals surface area contributed by atoms with Crippen LogP contribution in [-0.4, -0.2) is 42.0 Å². The third-order valence-corrected chi connectivity index (χ3v) is 1.71. The number of aliphatic hydroxyl groups is 1. The Labute approximate surface area is 82.7 Å². The van der Waals surface area contributed by atoms with E-state index in [1.165, 1.54) is 13.4 Å². The van der Waals surface area contributed by atoms with Crippen molar-refractivity contribution in [3.8, 4) is 5.88 Å². The molecule has 1 aromatic heterocycles. The lowest BCUT2D eigenvalue weighted by Crippen LogP contribution is -2.17. The first kappa shape index (κ1) is 10.9. The van der Waals surface area contributed by atoms with Crippen molar-refractivity contribution in [2.24, 2.45) is 0 Å². The van der Waals surface area contributed by atoms with Crippen molar-refractivity contribution in [1.29, 1.82) is 0 Å². The summed E-state index contributed by atoms with van der Waals surface area (Å²) in [6.45, 7) is 0.298. The SMILES string of the molecule is COCC(O)Cc1cc(OC)ncn1. The van der Waals surface area contributed by atoms with E-state index < -0.39 is 6.10 Å². The normalized spacial score (nSPS) is 12.5. The molecular weight excluding hydrogens is 184 g/mol. The molecule has 0 fully saturated rings. The number of nitrogens with zero attached hydrogens (tertiary/aromatic N) is 2. The van der Waals surface area contributed by atoms with Crippen LogP contribution in [-0.2, 0) is 11.2 Å². The van der Waals surface area contributed by atoms with Crippen molar-refractivity contribution in [2.45, 2.75) is 12.5 Å². The molecule has 0 bridgehead atoms. The highest BCUT2D eigenvalue weighted by molar-refractivity contribution is 5.13. The number of methoxy groups -OCH3 is 2. The van der Waals surface area contributed by atoms with E-state index in [4.69, 9.17) is 9.47 Å². The average Bonchev–Trinajstić information content (AvgIpc) is 2.18. The summed E-state index contributed by atoms with van der Waals surface area (Å²) in [5, 5.41) is 9.44. The van der Waals surface area contributed by atoms with E-state index >= 15 is 0 Å². The summed E-state index contributed by atoms with van der Waals surface area (Å²) < 4.78 is 9.74. The molecule has 14 heavy (non-hydrogen) atoms. The molecule has 0 aliphatic heterocycles. The molecule has 0 saturated carbocycles. The highest BCUT2D eigenvalue weighted by Crippen LogP contribution is 2.07. The lowest BCUT2D eigenvalue weighted by atomic mass is 10.2. The maximum atomic E-state index is 9.44. The summed E-state index contributed by atoms with van der Waals surface area (Å²) in [6.07, 6.45) is 1.31. The Morgan fingerprint density at radius 1 is 1.43 bits per heavy atom. The second-order valence-electron chi connectivity index (χ2n) is 2.86. The molecule has 78 valence electrons. The van der Waals surface area contributed by atoms with Crippen molar-refractivity contribution >= 4 is 0 Å². The lowest BCUT2D eigenvalue weighted by Gasteiger charge is -2.08. The first-order valence-corrected chi connectivity index (χ1v) is 4.28. The second kappa shape index (κ2) is 5.51. The summed E-state index contributed by atoms with van der Waals surface area (Å²) in [6, 6.07) is 1.69. The van der Waals surface area contributed by atoms with Gasteiger partial charge in [-0.1, -0.05) is 0 Å². The number of hydrogen-bond acceptors (Lipinski definition) is 5. The van der Waals surface area contributed by atoms with Gasteiger partial charge in [-0.2, -0.15) is 0 Å². The maximum absolute atomic E-state index is 9.44. The molecule has 0 aromatic carbocycles. The third kappa shape index (κ3) is 3.27. The van der Waals surface area contributed by atoms with E-state index in [1.54, 1.807) is 13.2 Å². The molecule has 1 N–H and O–H groups in total. The van der Waals surface area contributed by atoms with Crippen molar-refractivity contribution in [1.82, 2.24) is 9.97 Å². The minimum absolute atomic E-state index is 0.298. The van der Waals surface area contributed by atoms with Gasteiger partial charge in [-0.15, -0.1) is 0 Å². The number of aromatic nitrogens is 2. The topological polar surface area (TPSA) is 64.5 Å². The molecule has 1 unspecified atom stereocenters. The van der Waals surface area contributed by atoms with E-state index in [-0.39, 0.29) is 0 Å². The van der Waals surface area contributed by atoms with E-state index in [0.29, 0.717) is 18.9 Å². The van der Waals surface area contributed by atoms with Gasteiger partial charge >= 0.3 is 0 Å². The quantitative estimate of drug-likeness (QED) is 0.723. The average molecular weight is 198 g/mol. The predicted octanol–water partition coefficient (Wildman–Crippen LogP) is 0.0350. The first-order valence-electron chi connectivity index (χ1n) is 4.28. The molecule has 0 radical (unpaired) electrons. The largest absolute Gasteiger partial charge is 0.481 e. The van der Waals surface area contributed by atoms with Gasteiger partial charge in [0.2, 0.25) is 5.88 Å². The highest BCUT2D eigenvalue weighted by Gasteiger charge is 2.07. The van der Waals surface area contributed by atoms with E-state index in [0.717, 1.165) is 5.69 Å². The molecule has 5 nitrogen and oxygen atoms in total. The van der Waals surface area contributed by atoms with Gasteiger partial charge in [-0.3, -0.25) is 0 Å². The molecule has 0 saturated heterocycles. The molecule has 0 aliphatic rings. The zero-order valence-corrected chi connectivity index (χ0v) is 8.30. The second-order valence-corrected chi connectivity index (χ2v) is 2.86. The van der Waals surface area contributed by atoms with E-state index in [9.17, 15) is 5.11 Å². The monoisotopic (exact) mass is 198 g/mol. The zero-order valence-electron chi connectivity index (χ0n) is 8.30. The zero-order chi connectivity index (χ0) is 10.4. The standard InChI is InChI=1S/C9H14N2O3/c1-13-5-8(12)3-7-4-9(14-2)11-6-10-7/h4,6,8,12H,3,5H2,1-2H3. The molecule has 5 heteroatoms. The smallest absolute Gasteiger partial charge is 0.216 e. The summed E-state index contributed by atoms with van der Waals surface area (Å²) in [7, 11) is 3.08. The fraction of sp³-hybridized carbons (Fsp3) is 0.556. The van der Waals surface area contributed by atoms with Crippen LogP contribution in [0.2, 0.25) is 0 Å². The fourth-order valence-electron chi connectivity index (χ4n) is 1.09. The van der Waals surface area contributed by atoms with Gasteiger partial charge in [0.05, 0.1) is 25.5 Å². The van der Waals surface area contributed by atoms with Crippen LogP contribution in [0.1, 0.15) is 5.69 Å². The van der Waals surface area contributed by atoms with Crippen LogP contribution in [0.5, 0.6) is 5.88 Å². The summed E-state index contributed by atoms with van der Waals surface area (Å²) in [4.78, 5) is 7.87. The Hall–Kier alpha value is -1.20. The number of rotatable bonds is 5. The lowest BCUT2D eigenvalue weighted by molar-refractivity contribution is 0.0644. The van der Waals surface area contributed by atoms with Crippen LogP contribution in [0.15, 0.2) is 12.4 Å².